The number of ketones is 1. The summed E-state index contributed by atoms with van der Waals surface area (Å²) < 4.78 is 14.6. The van der Waals surface area contributed by atoms with Gasteiger partial charge in [0.25, 0.3) is 0 Å². The van der Waals surface area contributed by atoms with Crippen LogP contribution in [0.15, 0.2) is 12.1 Å². The molecule has 2 bridgehead atoms. The van der Waals surface area contributed by atoms with E-state index in [2.05, 4.69) is 114 Å². The van der Waals surface area contributed by atoms with Crippen LogP contribution in [-0.2, 0) is 10.2 Å². The van der Waals surface area contributed by atoms with Crippen LogP contribution in [0.2, 0.25) is 36.3 Å². The highest BCUT2D eigenvalue weighted by atomic mass is 28.4. The minimum absolute atomic E-state index is 0.00652. The van der Waals surface area contributed by atoms with Gasteiger partial charge in [-0.1, -0.05) is 102 Å². The second-order valence-corrected chi connectivity index (χ2v) is 27.2. The molecule has 0 unspecified atom stereocenters. The molecule has 0 heterocycles. The van der Waals surface area contributed by atoms with Crippen LogP contribution in [0, 0.1) is 17.3 Å². The van der Waals surface area contributed by atoms with Crippen molar-refractivity contribution >= 4 is 22.4 Å². The van der Waals surface area contributed by atoms with E-state index in [0.717, 1.165) is 24.3 Å². The molecule has 0 radical (unpaired) electrons. The summed E-state index contributed by atoms with van der Waals surface area (Å²) >= 11 is 0. The van der Waals surface area contributed by atoms with Crippen molar-refractivity contribution in [2.24, 2.45) is 17.3 Å². The van der Waals surface area contributed by atoms with Gasteiger partial charge in [-0.15, -0.1) is 0 Å². The number of carbonyl (C=O) groups is 1. The van der Waals surface area contributed by atoms with Gasteiger partial charge in [-0.05, 0) is 83.6 Å². The van der Waals surface area contributed by atoms with Crippen molar-refractivity contribution in [3.05, 3.63) is 23.3 Å². The molecule has 0 saturated heterocycles. The number of unbranched alkanes of at least 4 members (excludes halogenated alkanes) is 3. The molecule has 3 aliphatic carbocycles. The first-order valence-corrected chi connectivity index (χ1v) is 22.4. The lowest BCUT2D eigenvalue weighted by molar-refractivity contribution is -0.151. The maximum atomic E-state index is 13.5. The zero-order chi connectivity index (χ0) is 31.4. The molecule has 1 aromatic rings. The van der Waals surface area contributed by atoms with E-state index in [1.807, 2.05) is 0 Å². The van der Waals surface area contributed by atoms with Crippen LogP contribution >= 0.6 is 0 Å². The molecule has 3 nitrogen and oxygen atoms in total. The average Bonchev–Trinajstić information content (AvgIpc) is 2.79. The highest BCUT2D eigenvalue weighted by Gasteiger charge is 2.60. The number of rotatable bonds is 11. The molecule has 0 aliphatic heterocycles. The van der Waals surface area contributed by atoms with E-state index >= 15 is 0 Å². The predicted octanol–water partition coefficient (Wildman–Crippen LogP) is 11.4. The Labute approximate surface area is 256 Å². The Hall–Kier alpha value is -1.08. The SMILES string of the molecule is CCCCCCC(C)(C)c1cc(O[Si](C)(C)C(C)(C)C)c([C@@H]2CC(=O)[C@@H]3C[C@H]2C3(C)C)c(O[Si](C)(C)C(C)(C)C)c1. The number of hydrogen-bond donors (Lipinski definition) is 0. The van der Waals surface area contributed by atoms with Crippen LogP contribution in [-0.4, -0.2) is 22.4 Å². The zero-order valence-electron chi connectivity index (χ0n) is 29.6. The molecule has 3 fully saturated rings. The molecule has 3 aliphatic rings. The summed E-state index contributed by atoms with van der Waals surface area (Å²) in [6, 6.07) is 4.74. The van der Waals surface area contributed by atoms with Gasteiger partial charge in [-0.25, -0.2) is 0 Å². The van der Waals surface area contributed by atoms with Crippen LogP contribution in [0.4, 0.5) is 0 Å². The van der Waals surface area contributed by atoms with Crippen molar-refractivity contribution in [1.29, 1.82) is 0 Å². The standard InChI is InChI=1S/C36H64O3Si2/c1-16-17-18-19-20-35(8,9)25-21-30(38-40(12,13)33(2,3)4)32(31(22-25)39-41(14,15)34(5,6)7)26-23-29(37)28-24-27(26)36(28,10)11/h21-22,26-28H,16-20,23-24H2,1-15H3/t26-,27-,28+/m1/s1. The molecule has 3 atom stereocenters. The van der Waals surface area contributed by atoms with Crippen LogP contribution in [0.5, 0.6) is 11.5 Å². The highest BCUT2D eigenvalue weighted by Crippen LogP contribution is 2.65. The number of Topliss-reactive ketones (excluding diaryl/α,β-unsaturated/α-hetero) is 1. The van der Waals surface area contributed by atoms with Gasteiger partial charge in [0.2, 0.25) is 16.6 Å². The Morgan fingerprint density at radius 3 is 1.71 bits per heavy atom. The van der Waals surface area contributed by atoms with Gasteiger partial charge in [0.1, 0.15) is 17.3 Å². The van der Waals surface area contributed by atoms with Crippen LogP contribution in [0.3, 0.4) is 0 Å². The van der Waals surface area contributed by atoms with Crippen molar-refractivity contribution in [3.63, 3.8) is 0 Å². The fourth-order valence-electron chi connectivity index (χ4n) is 6.51. The molecular weight excluding hydrogens is 537 g/mol. The number of carbonyl (C=O) groups excluding carboxylic acids is 1. The molecular formula is C36H64O3Si2. The first-order chi connectivity index (χ1) is 18.5. The zero-order valence-corrected chi connectivity index (χ0v) is 31.6. The van der Waals surface area contributed by atoms with Crippen molar-refractivity contribution < 1.29 is 13.6 Å². The van der Waals surface area contributed by atoms with Gasteiger partial charge < -0.3 is 8.85 Å². The highest BCUT2D eigenvalue weighted by molar-refractivity contribution is 6.75. The second-order valence-electron chi connectivity index (χ2n) is 17.8. The molecule has 0 aromatic heterocycles. The van der Waals surface area contributed by atoms with E-state index < -0.39 is 16.6 Å². The number of hydrogen-bond acceptors (Lipinski definition) is 3. The van der Waals surface area contributed by atoms with Gasteiger partial charge in [-0.3, -0.25) is 4.79 Å². The second kappa shape index (κ2) is 11.4. The Morgan fingerprint density at radius 2 is 1.32 bits per heavy atom. The molecule has 0 spiro atoms. The van der Waals surface area contributed by atoms with E-state index in [4.69, 9.17) is 8.85 Å². The van der Waals surface area contributed by atoms with E-state index in [9.17, 15) is 4.79 Å². The Morgan fingerprint density at radius 1 is 0.829 bits per heavy atom. The average molecular weight is 601 g/mol. The summed E-state index contributed by atoms with van der Waals surface area (Å²) in [6.45, 7) is 35.0. The molecule has 41 heavy (non-hydrogen) atoms. The molecule has 1 aromatic carbocycles. The lowest BCUT2D eigenvalue weighted by atomic mass is 9.44. The predicted molar refractivity (Wildman–Crippen MR) is 182 cm³/mol. The maximum absolute atomic E-state index is 13.5. The topological polar surface area (TPSA) is 35.5 Å². The van der Waals surface area contributed by atoms with Gasteiger partial charge in [0.15, 0.2) is 0 Å². The first kappa shape index (κ1) is 34.4. The molecule has 234 valence electrons. The largest absolute Gasteiger partial charge is 0.543 e. The maximum Gasteiger partial charge on any atom is 0.250 e. The van der Waals surface area contributed by atoms with E-state index in [1.54, 1.807) is 0 Å². The molecule has 0 amide bonds. The summed E-state index contributed by atoms with van der Waals surface area (Å²) in [7, 11) is -4.34. The number of benzene rings is 1. The lowest BCUT2D eigenvalue weighted by Crippen LogP contribution is -2.56. The number of fused-ring (bicyclic) bond motifs is 2. The van der Waals surface area contributed by atoms with Crippen molar-refractivity contribution in [2.45, 2.75) is 169 Å². The third-order valence-electron chi connectivity index (χ3n) is 11.9. The summed E-state index contributed by atoms with van der Waals surface area (Å²) in [6.07, 6.45) is 7.81. The van der Waals surface area contributed by atoms with Crippen LogP contribution in [0.1, 0.15) is 138 Å². The fraction of sp³-hybridized carbons (Fsp3) is 0.806. The van der Waals surface area contributed by atoms with Crippen molar-refractivity contribution in [2.75, 3.05) is 0 Å². The van der Waals surface area contributed by atoms with Gasteiger partial charge >= 0.3 is 0 Å². The summed E-state index contributed by atoms with van der Waals surface area (Å²) in [4.78, 5) is 13.5. The molecule has 0 N–H and O–H groups in total. The fourth-order valence-corrected chi connectivity index (χ4v) is 8.56. The van der Waals surface area contributed by atoms with Crippen molar-refractivity contribution in [1.82, 2.24) is 0 Å². The van der Waals surface area contributed by atoms with Gasteiger partial charge in [-0.2, -0.15) is 0 Å². The molecule has 5 heteroatoms. The van der Waals surface area contributed by atoms with Crippen molar-refractivity contribution in [3.8, 4) is 11.5 Å². The Kier molecular flexibility index (Phi) is 9.61. The minimum Gasteiger partial charge on any atom is -0.543 e. The Balaban J connectivity index is 2.27. The van der Waals surface area contributed by atoms with Gasteiger partial charge in [0, 0.05) is 23.8 Å². The minimum atomic E-state index is -2.17. The van der Waals surface area contributed by atoms with Gasteiger partial charge in [0.05, 0.1) is 0 Å². The normalized spacial score (nSPS) is 23.3. The third kappa shape index (κ3) is 6.86. The third-order valence-corrected chi connectivity index (χ3v) is 20.6. The quantitative estimate of drug-likeness (QED) is 0.187. The molecule has 3 saturated carbocycles. The van der Waals surface area contributed by atoms with E-state index in [1.165, 1.54) is 36.8 Å². The monoisotopic (exact) mass is 600 g/mol. The lowest BCUT2D eigenvalue weighted by Gasteiger charge is -2.59. The summed E-state index contributed by atoms with van der Waals surface area (Å²) in [5.74, 6) is 3.26. The summed E-state index contributed by atoms with van der Waals surface area (Å²) in [5.41, 5.74) is 2.54. The first-order valence-electron chi connectivity index (χ1n) is 16.6. The van der Waals surface area contributed by atoms with E-state index in [0.29, 0.717) is 18.1 Å². The molecule has 4 rings (SSSR count). The van der Waals surface area contributed by atoms with Crippen LogP contribution in [0.25, 0.3) is 0 Å². The van der Waals surface area contributed by atoms with E-state index in [-0.39, 0.29) is 32.7 Å². The Bertz CT molecular complexity index is 1050. The smallest absolute Gasteiger partial charge is 0.250 e. The van der Waals surface area contributed by atoms with Crippen LogP contribution < -0.4 is 8.85 Å². The summed E-state index contributed by atoms with van der Waals surface area (Å²) in [5, 5.41) is 0.138.